The summed E-state index contributed by atoms with van der Waals surface area (Å²) < 4.78 is 17.1. The number of methoxy groups -OCH3 is 1. The Morgan fingerprint density at radius 1 is 0.943 bits per heavy atom. The number of ketones is 1. The molecular weight excluding hydrogens is 456 g/mol. The second kappa shape index (κ2) is 8.68. The number of aliphatic hydroxyl groups is 2. The van der Waals surface area contributed by atoms with Gasteiger partial charge < -0.3 is 39.7 Å². The van der Waals surface area contributed by atoms with Crippen LogP contribution in [0.1, 0.15) is 39.1 Å². The Hall–Kier alpha value is -3.95. The Morgan fingerprint density at radius 2 is 1.71 bits per heavy atom. The fourth-order valence-electron chi connectivity index (χ4n) is 4.75. The molecule has 0 saturated heterocycles. The summed E-state index contributed by atoms with van der Waals surface area (Å²) in [7, 11) is 1.45. The highest BCUT2D eigenvalue weighted by molar-refractivity contribution is 6.05. The summed E-state index contributed by atoms with van der Waals surface area (Å²) in [6.45, 7) is -0.224. The SMILES string of the molecule is COc1cc([C@H]2Cc3cc([C@H]4Oc5cc(O)cc(O)c5C(=O)[C@@H]4O)ccc3O[C@@H]2CO)ccc1O. The van der Waals surface area contributed by atoms with Crippen molar-refractivity contribution in [1.29, 1.82) is 0 Å². The van der Waals surface area contributed by atoms with Crippen LogP contribution in [0.4, 0.5) is 0 Å². The van der Waals surface area contributed by atoms with Gasteiger partial charge in [-0.25, -0.2) is 0 Å². The molecule has 3 aromatic carbocycles. The molecule has 182 valence electrons. The van der Waals surface area contributed by atoms with Crippen LogP contribution in [-0.2, 0) is 6.42 Å². The molecule has 0 fully saturated rings. The maximum Gasteiger partial charge on any atom is 0.202 e. The zero-order valence-corrected chi connectivity index (χ0v) is 18.7. The molecular formula is C26H24O9. The summed E-state index contributed by atoms with van der Waals surface area (Å²) in [6.07, 6.45) is -2.69. The van der Waals surface area contributed by atoms with Gasteiger partial charge in [0.2, 0.25) is 5.78 Å². The molecule has 2 aliphatic rings. The molecule has 9 heteroatoms. The quantitative estimate of drug-likeness (QED) is 0.380. The fraction of sp³-hybridized carbons (Fsp3) is 0.269. The Bertz CT molecular complexity index is 1300. The van der Waals surface area contributed by atoms with Gasteiger partial charge in [-0.1, -0.05) is 12.1 Å². The van der Waals surface area contributed by atoms with Gasteiger partial charge in [0.05, 0.1) is 13.7 Å². The summed E-state index contributed by atoms with van der Waals surface area (Å²) in [4.78, 5) is 12.8. The van der Waals surface area contributed by atoms with Gasteiger partial charge >= 0.3 is 0 Å². The highest BCUT2D eigenvalue weighted by Gasteiger charge is 2.40. The van der Waals surface area contributed by atoms with Crippen LogP contribution in [0, 0.1) is 0 Å². The minimum Gasteiger partial charge on any atom is -0.508 e. The number of phenolic OH excluding ortho intramolecular Hbond substituents is 3. The van der Waals surface area contributed by atoms with E-state index >= 15 is 0 Å². The third kappa shape index (κ3) is 3.88. The molecule has 2 heterocycles. The maximum absolute atomic E-state index is 12.8. The van der Waals surface area contributed by atoms with Crippen LogP contribution in [0.2, 0.25) is 0 Å². The standard InChI is InChI=1S/C26H24O9/c1-33-20-8-12(2-4-17(20)29)16-7-14-6-13(3-5-19(14)34-22(16)11-27)26-25(32)24(31)23-18(30)9-15(28)10-21(23)35-26/h2-6,8-10,16,22,25-30,32H,7,11H2,1H3/t16-,22-,25+,26-/m1/s1. The van der Waals surface area contributed by atoms with Gasteiger partial charge in [-0.2, -0.15) is 0 Å². The van der Waals surface area contributed by atoms with Crippen LogP contribution in [0.3, 0.4) is 0 Å². The molecule has 4 atom stereocenters. The van der Waals surface area contributed by atoms with Crippen molar-refractivity contribution in [2.24, 2.45) is 0 Å². The molecule has 2 aliphatic heterocycles. The summed E-state index contributed by atoms with van der Waals surface area (Å²) in [6, 6.07) is 12.3. The molecule has 0 amide bonds. The van der Waals surface area contributed by atoms with E-state index in [0.717, 1.165) is 17.2 Å². The molecule has 3 aromatic rings. The highest BCUT2D eigenvalue weighted by Crippen LogP contribution is 2.44. The van der Waals surface area contributed by atoms with E-state index in [0.29, 0.717) is 23.5 Å². The number of Topliss-reactive ketones (excluding diaryl/α,β-unsaturated/α-hetero) is 1. The molecule has 0 aliphatic carbocycles. The van der Waals surface area contributed by atoms with Crippen molar-refractivity contribution in [3.63, 3.8) is 0 Å². The summed E-state index contributed by atoms with van der Waals surface area (Å²) >= 11 is 0. The van der Waals surface area contributed by atoms with Gasteiger partial charge in [0.1, 0.15) is 34.7 Å². The van der Waals surface area contributed by atoms with Crippen LogP contribution >= 0.6 is 0 Å². The lowest BCUT2D eigenvalue weighted by atomic mass is 9.83. The largest absolute Gasteiger partial charge is 0.508 e. The van der Waals surface area contributed by atoms with Gasteiger partial charge in [0, 0.05) is 18.1 Å². The average molecular weight is 480 g/mol. The first-order chi connectivity index (χ1) is 16.8. The number of benzene rings is 3. The number of rotatable bonds is 4. The van der Waals surface area contributed by atoms with Crippen molar-refractivity contribution in [2.45, 2.75) is 30.7 Å². The van der Waals surface area contributed by atoms with Crippen LogP contribution in [0.15, 0.2) is 48.5 Å². The molecule has 5 N–H and O–H groups in total. The van der Waals surface area contributed by atoms with Gasteiger partial charge in [-0.3, -0.25) is 4.79 Å². The fourth-order valence-corrected chi connectivity index (χ4v) is 4.75. The van der Waals surface area contributed by atoms with Crippen LogP contribution in [0.5, 0.6) is 34.5 Å². The highest BCUT2D eigenvalue weighted by atomic mass is 16.5. The van der Waals surface area contributed by atoms with Crippen molar-refractivity contribution in [2.75, 3.05) is 13.7 Å². The number of carbonyl (C=O) groups is 1. The minimum absolute atomic E-state index is 0.00155. The van der Waals surface area contributed by atoms with Crippen molar-refractivity contribution < 1.29 is 44.5 Å². The second-order valence-corrected chi connectivity index (χ2v) is 8.63. The number of fused-ring (bicyclic) bond motifs is 2. The van der Waals surface area contributed by atoms with E-state index in [1.54, 1.807) is 30.3 Å². The molecule has 35 heavy (non-hydrogen) atoms. The van der Waals surface area contributed by atoms with Crippen molar-refractivity contribution >= 4 is 5.78 Å². The van der Waals surface area contributed by atoms with E-state index in [1.165, 1.54) is 19.2 Å². The van der Waals surface area contributed by atoms with Crippen LogP contribution in [-0.4, -0.2) is 57.2 Å². The molecule has 0 radical (unpaired) electrons. The first kappa shape index (κ1) is 22.8. The first-order valence-electron chi connectivity index (χ1n) is 11.0. The molecule has 0 spiro atoms. The topological polar surface area (TPSA) is 146 Å². The molecule has 0 aromatic heterocycles. The molecule has 0 unspecified atom stereocenters. The van der Waals surface area contributed by atoms with Gasteiger partial charge in [0.25, 0.3) is 0 Å². The van der Waals surface area contributed by atoms with Gasteiger partial charge in [-0.15, -0.1) is 0 Å². The summed E-state index contributed by atoms with van der Waals surface area (Å²) in [5.74, 6) is -0.868. The maximum atomic E-state index is 12.8. The Kier molecular flexibility index (Phi) is 5.66. The van der Waals surface area contributed by atoms with E-state index in [9.17, 15) is 30.3 Å². The lowest BCUT2D eigenvalue weighted by Gasteiger charge is -2.34. The Labute approximate surface area is 200 Å². The normalized spacial score (nSPS) is 23.0. The van der Waals surface area contributed by atoms with E-state index in [2.05, 4.69) is 0 Å². The van der Waals surface area contributed by atoms with E-state index in [4.69, 9.17) is 14.2 Å². The van der Waals surface area contributed by atoms with Crippen LogP contribution in [0.25, 0.3) is 0 Å². The number of aliphatic hydroxyl groups excluding tert-OH is 2. The lowest BCUT2D eigenvalue weighted by molar-refractivity contribution is 0.0209. The Balaban J connectivity index is 1.49. The number of aromatic hydroxyl groups is 3. The van der Waals surface area contributed by atoms with E-state index < -0.39 is 29.8 Å². The summed E-state index contributed by atoms with van der Waals surface area (Å²) in [5, 5.41) is 50.4. The zero-order chi connectivity index (χ0) is 24.9. The summed E-state index contributed by atoms with van der Waals surface area (Å²) in [5.41, 5.74) is 1.90. The number of hydrogen-bond donors (Lipinski definition) is 5. The number of hydrogen-bond acceptors (Lipinski definition) is 9. The second-order valence-electron chi connectivity index (χ2n) is 8.63. The number of carbonyl (C=O) groups excluding carboxylic acids is 1. The zero-order valence-electron chi connectivity index (χ0n) is 18.7. The van der Waals surface area contributed by atoms with E-state index in [-0.39, 0.29) is 35.3 Å². The van der Waals surface area contributed by atoms with E-state index in [1.807, 2.05) is 0 Å². The Morgan fingerprint density at radius 3 is 2.46 bits per heavy atom. The average Bonchev–Trinajstić information content (AvgIpc) is 2.85. The monoisotopic (exact) mass is 480 g/mol. The lowest BCUT2D eigenvalue weighted by Crippen LogP contribution is -2.37. The van der Waals surface area contributed by atoms with Crippen molar-refractivity contribution in [3.8, 4) is 34.5 Å². The first-order valence-corrected chi connectivity index (χ1v) is 11.0. The van der Waals surface area contributed by atoms with Crippen LogP contribution < -0.4 is 14.2 Å². The molecule has 0 saturated carbocycles. The molecule has 0 bridgehead atoms. The third-order valence-electron chi connectivity index (χ3n) is 6.51. The smallest absolute Gasteiger partial charge is 0.202 e. The third-order valence-corrected chi connectivity index (χ3v) is 6.51. The van der Waals surface area contributed by atoms with Gasteiger partial charge in [0.15, 0.2) is 23.7 Å². The predicted octanol–water partition coefficient (Wildman–Crippen LogP) is 2.57. The van der Waals surface area contributed by atoms with Gasteiger partial charge in [-0.05, 0) is 47.4 Å². The minimum atomic E-state index is -1.57. The number of ether oxygens (including phenoxy) is 3. The van der Waals surface area contributed by atoms with Crippen molar-refractivity contribution in [3.05, 3.63) is 70.8 Å². The molecule has 5 rings (SSSR count). The number of phenols is 3. The predicted molar refractivity (Wildman–Crippen MR) is 123 cm³/mol. The van der Waals surface area contributed by atoms with Crippen molar-refractivity contribution in [1.82, 2.24) is 0 Å². The molecule has 9 nitrogen and oxygen atoms in total.